The molecule has 6 nitrogen and oxygen atoms in total. The van der Waals surface area contributed by atoms with E-state index >= 15 is 9.59 Å². The summed E-state index contributed by atoms with van der Waals surface area (Å²) in [5.41, 5.74) is 2.68. The van der Waals surface area contributed by atoms with Gasteiger partial charge in [-0.15, -0.1) is 22.7 Å². The normalized spacial score (nSPS) is 16.2. The average Bonchev–Trinajstić information content (AvgIpc) is 3.95. The van der Waals surface area contributed by atoms with Crippen molar-refractivity contribution in [3.05, 3.63) is 47.0 Å². The molecule has 10 heteroatoms. The summed E-state index contributed by atoms with van der Waals surface area (Å²) < 4.78 is 1.52. The first kappa shape index (κ1) is 49.3. The van der Waals surface area contributed by atoms with Crippen molar-refractivity contribution in [2.24, 2.45) is 17.8 Å². The Bertz CT molecular complexity index is 1600. The minimum absolute atomic E-state index is 0.0316. The zero-order valence-electron chi connectivity index (χ0n) is 36.9. The monoisotopic (exact) mass is 961 g/mol. The second kappa shape index (κ2) is 26.9. The van der Waals surface area contributed by atoms with E-state index in [1.807, 2.05) is 22.2 Å². The van der Waals surface area contributed by atoms with Crippen molar-refractivity contribution in [3.8, 4) is 0 Å². The molecule has 326 valence electrons. The SMILES string of the molecule is CCCCCCCCC(CCCCCC)CN1C(=O)C2=C(c3cnc(Br)s3)N(CC(CCCCCCCC)CCCCC(C)C[C-](C)C)C(=O)C2=C1c1cnc(Br)s1. The maximum Gasteiger partial charge on any atom is 0.261 e. The summed E-state index contributed by atoms with van der Waals surface area (Å²) in [6, 6.07) is 0. The number of hydrogen-bond acceptors (Lipinski definition) is 6. The number of fused-ring (bicyclic) bond motifs is 1. The van der Waals surface area contributed by atoms with Crippen LogP contribution >= 0.6 is 54.5 Å². The molecule has 0 fully saturated rings. The Morgan fingerprint density at radius 1 is 0.569 bits per heavy atom. The van der Waals surface area contributed by atoms with Gasteiger partial charge in [0, 0.05) is 25.5 Å². The van der Waals surface area contributed by atoms with Crippen molar-refractivity contribution in [1.82, 2.24) is 19.8 Å². The van der Waals surface area contributed by atoms with Gasteiger partial charge in [0.1, 0.15) is 0 Å². The van der Waals surface area contributed by atoms with Gasteiger partial charge in [0.05, 0.1) is 32.3 Å². The molecule has 0 bridgehead atoms. The van der Waals surface area contributed by atoms with Crippen LogP contribution < -0.4 is 0 Å². The second-order valence-electron chi connectivity index (χ2n) is 17.7. The fourth-order valence-corrected chi connectivity index (χ4v) is 11.8. The van der Waals surface area contributed by atoms with Crippen LogP contribution in [0.3, 0.4) is 0 Å². The molecule has 58 heavy (non-hydrogen) atoms. The number of carbonyl (C=O) groups is 2. The maximum atomic E-state index is 15.2. The fraction of sp³-hybridized carbons (Fsp3) is 0.729. The van der Waals surface area contributed by atoms with Crippen molar-refractivity contribution >= 4 is 77.7 Å². The number of hydrogen-bond donors (Lipinski definition) is 0. The van der Waals surface area contributed by atoms with Gasteiger partial charge in [0.2, 0.25) is 0 Å². The first-order valence-electron chi connectivity index (χ1n) is 23.2. The van der Waals surface area contributed by atoms with Crippen LogP contribution in [0.25, 0.3) is 11.4 Å². The van der Waals surface area contributed by atoms with E-state index in [0.29, 0.717) is 42.0 Å². The van der Waals surface area contributed by atoms with E-state index < -0.39 is 0 Å². The number of aromatic nitrogens is 2. The van der Waals surface area contributed by atoms with Gasteiger partial charge in [0.15, 0.2) is 7.83 Å². The summed E-state index contributed by atoms with van der Waals surface area (Å²) in [6.45, 7) is 14.9. The van der Waals surface area contributed by atoms with Gasteiger partial charge in [-0.05, 0) is 69.4 Å². The van der Waals surface area contributed by atoms with Crippen LogP contribution in [0.2, 0.25) is 0 Å². The highest BCUT2D eigenvalue weighted by molar-refractivity contribution is 9.11. The molecule has 3 atom stereocenters. The molecule has 0 N–H and O–H groups in total. The highest BCUT2D eigenvalue weighted by Crippen LogP contribution is 2.49. The van der Waals surface area contributed by atoms with E-state index in [0.717, 1.165) is 54.7 Å². The Kier molecular flexibility index (Phi) is 22.8. The largest absolute Gasteiger partial charge is 0.319 e. The predicted octanol–water partition coefficient (Wildman–Crippen LogP) is 15.8. The number of nitrogens with zero attached hydrogens (tertiary/aromatic N) is 4. The molecule has 4 heterocycles. The zero-order chi connectivity index (χ0) is 41.9. The van der Waals surface area contributed by atoms with Crippen molar-refractivity contribution in [3.63, 3.8) is 0 Å². The lowest BCUT2D eigenvalue weighted by atomic mass is 9.90. The molecule has 3 unspecified atom stereocenters. The number of amides is 2. The third-order valence-corrected chi connectivity index (χ3v) is 15.2. The van der Waals surface area contributed by atoms with Crippen molar-refractivity contribution in [2.75, 3.05) is 13.1 Å². The summed E-state index contributed by atoms with van der Waals surface area (Å²) in [6.07, 6.45) is 33.0. The first-order valence-corrected chi connectivity index (χ1v) is 26.5. The summed E-state index contributed by atoms with van der Waals surface area (Å²) in [5.74, 6) is 2.90. The number of rotatable bonds is 32. The number of unbranched alkanes of at least 4 members (excludes halogenated alkanes) is 14. The molecule has 4 rings (SSSR count). The molecule has 2 amide bonds. The average molecular weight is 964 g/mol. The molecular formula is C48H75Br2N4O2S2-. The topological polar surface area (TPSA) is 66.4 Å². The van der Waals surface area contributed by atoms with Crippen LogP contribution in [0.5, 0.6) is 0 Å². The minimum Gasteiger partial charge on any atom is -0.319 e. The number of thiazole rings is 2. The van der Waals surface area contributed by atoms with E-state index in [9.17, 15) is 0 Å². The Morgan fingerprint density at radius 2 is 0.914 bits per heavy atom. The third-order valence-electron chi connectivity index (χ3n) is 12.2. The van der Waals surface area contributed by atoms with Gasteiger partial charge in [-0.25, -0.2) is 9.97 Å². The molecule has 0 spiro atoms. The molecule has 2 aromatic heterocycles. The van der Waals surface area contributed by atoms with E-state index in [-0.39, 0.29) is 11.8 Å². The molecule has 0 radical (unpaired) electrons. The van der Waals surface area contributed by atoms with E-state index in [1.165, 1.54) is 157 Å². The fourth-order valence-electron chi connectivity index (χ4n) is 9.16. The molecule has 2 aliphatic rings. The van der Waals surface area contributed by atoms with Gasteiger partial charge in [-0.1, -0.05) is 156 Å². The van der Waals surface area contributed by atoms with Crippen molar-refractivity contribution in [1.29, 1.82) is 0 Å². The smallest absolute Gasteiger partial charge is 0.261 e. The van der Waals surface area contributed by atoms with Gasteiger partial charge in [-0.3, -0.25) is 9.59 Å². The second-order valence-corrected chi connectivity index (χ2v) is 22.3. The molecule has 2 aromatic rings. The van der Waals surface area contributed by atoms with Crippen LogP contribution in [-0.4, -0.2) is 44.7 Å². The van der Waals surface area contributed by atoms with Crippen molar-refractivity contribution < 1.29 is 9.59 Å². The van der Waals surface area contributed by atoms with Gasteiger partial charge < -0.3 is 15.7 Å². The number of halogens is 2. The van der Waals surface area contributed by atoms with E-state index in [1.54, 1.807) is 0 Å². The lowest BCUT2D eigenvalue weighted by Gasteiger charge is -2.29. The quantitative estimate of drug-likeness (QED) is 0.0541. The van der Waals surface area contributed by atoms with Crippen LogP contribution in [0.15, 0.2) is 31.4 Å². The van der Waals surface area contributed by atoms with Crippen LogP contribution in [-0.2, 0) is 9.59 Å². The summed E-state index contributed by atoms with van der Waals surface area (Å²) in [4.78, 5) is 45.2. The standard InChI is InChI=1S/C48H75Br2N4O2S2/c1-7-10-13-16-18-21-27-37(26-20-15-12-9-3)33-53-43(39-31-51-47(49)57-39)41-42(45(53)55)44(40-32-52-48(50)58-40)54(46(41)56)34-38(28-22-19-17-14-11-8-2)29-24-23-25-36(6)30-35(4)5/h31-32,36-38H,7-30,33-34H2,1-6H3/q-1. The highest BCUT2D eigenvalue weighted by Gasteiger charge is 2.50. The molecule has 0 aliphatic carbocycles. The van der Waals surface area contributed by atoms with Gasteiger partial charge >= 0.3 is 0 Å². The lowest BCUT2D eigenvalue weighted by Crippen LogP contribution is -2.34. The van der Waals surface area contributed by atoms with Crippen LogP contribution in [0.1, 0.15) is 205 Å². The third kappa shape index (κ3) is 15.2. The highest BCUT2D eigenvalue weighted by atomic mass is 79.9. The maximum absolute atomic E-state index is 15.2. The number of carbonyl (C=O) groups excluding carboxylic acids is 2. The lowest BCUT2D eigenvalue weighted by molar-refractivity contribution is -0.124. The first-order chi connectivity index (χ1) is 28.1. The predicted molar refractivity (Wildman–Crippen MR) is 255 cm³/mol. The minimum atomic E-state index is -0.0316. The van der Waals surface area contributed by atoms with Gasteiger partial charge in [-0.2, -0.15) is 20.3 Å². The summed E-state index contributed by atoms with van der Waals surface area (Å²) in [7, 11) is 0. The molecular weight excluding hydrogens is 888 g/mol. The Balaban J connectivity index is 1.67. The summed E-state index contributed by atoms with van der Waals surface area (Å²) in [5, 5.41) is 0. The van der Waals surface area contributed by atoms with Gasteiger partial charge in [0.25, 0.3) is 11.8 Å². The molecule has 2 aliphatic heterocycles. The van der Waals surface area contributed by atoms with Crippen LogP contribution in [0.4, 0.5) is 0 Å². The molecule has 0 saturated heterocycles. The van der Waals surface area contributed by atoms with E-state index in [4.69, 9.17) is 0 Å². The Hall–Kier alpha value is -1.36. The summed E-state index contributed by atoms with van der Waals surface area (Å²) >= 11 is 10.3. The van der Waals surface area contributed by atoms with Crippen molar-refractivity contribution in [2.45, 2.75) is 196 Å². The Labute approximate surface area is 378 Å². The Morgan fingerprint density at radius 3 is 1.28 bits per heavy atom. The molecule has 0 aromatic carbocycles. The van der Waals surface area contributed by atoms with E-state index in [2.05, 4.69) is 83.4 Å². The zero-order valence-corrected chi connectivity index (χ0v) is 41.8. The molecule has 0 saturated carbocycles. The van der Waals surface area contributed by atoms with Crippen LogP contribution in [0, 0.1) is 23.7 Å².